The summed E-state index contributed by atoms with van der Waals surface area (Å²) >= 11 is 0. The first-order valence-electron chi connectivity index (χ1n) is 11.4. The molecule has 6 nitrogen and oxygen atoms in total. The van der Waals surface area contributed by atoms with E-state index in [0.717, 1.165) is 26.2 Å². The van der Waals surface area contributed by atoms with Crippen molar-refractivity contribution in [1.29, 1.82) is 0 Å². The highest BCUT2D eigenvalue weighted by Gasteiger charge is 2.27. The molecule has 1 amide bonds. The van der Waals surface area contributed by atoms with E-state index in [-0.39, 0.29) is 11.4 Å². The fourth-order valence-corrected chi connectivity index (χ4v) is 5.28. The number of ether oxygens (including phenoxy) is 1. The van der Waals surface area contributed by atoms with Crippen molar-refractivity contribution in [2.24, 2.45) is 0 Å². The van der Waals surface area contributed by atoms with Gasteiger partial charge in [0.1, 0.15) is 12.3 Å². The van der Waals surface area contributed by atoms with Crippen molar-refractivity contribution in [2.45, 2.75) is 25.3 Å². The Labute approximate surface area is 206 Å². The summed E-state index contributed by atoms with van der Waals surface area (Å²) in [5.41, 5.74) is 2.38. The molecule has 0 spiro atoms. The average Bonchev–Trinajstić information content (AvgIpc) is 2.87. The molecule has 35 heavy (non-hydrogen) atoms. The first kappa shape index (κ1) is 24.3. The highest BCUT2D eigenvalue weighted by atomic mass is 32.2. The van der Waals surface area contributed by atoms with Crippen LogP contribution in [0.4, 0.5) is 5.69 Å². The maximum Gasteiger partial charge on any atom is 0.264 e. The third-order valence-corrected chi connectivity index (χ3v) is 7.48. The SMILES string of the molecule is CCOc1ccc(S(=O)(=O)N(CC(=O)NCc2cccc3ccccc23)c2ccc(C)cc2)cc1. The topological polar surface area (TPSA) is 75.7 Å². The molecule has 7 heteroatoms. The molecule has 4 aromatic rings. The first-order chi connectivity index (χ1) is 16.9. The monoisotopic (exact) mass is 488 g/mol. The van der Waals surface area contributed by atoms with Gasteiger partial charge in [-0.3, -0.25) is 9.10 Å². The molecule has 0 radical (unpaired) electrons. The van der Waals surface area contributed by atoms with Crippen LogP contribution in [0.3, 0.4) is 0 Å². The Morgan fingerprint density at radius 2 is 1.57 bits per heavy atom. The number of rotatable bonds is 9. The highest BCUT2D eigenvalue weighted by Crippen LogP contribution is 2.26. The Kier molecular flexibility index (Phi) is 7.36. The van der Waals surface area contributed by atoms with Gasteiger partial charge in [-0.1, -0.05) is 60.2 Å². The Morgan fingerprint density at radius 3 is 2.29 bits per heavy atom. The smallest absolute Gasteiger partial charge is 0.264 e. The highest BCUT2D eigenvalue weighted by molar-refractivity contribution is 7.92. The zero-order chi connectivity index (χ0) is 24.8. The van der Waals surface area contributed by atoms with Crippen LogP contribution in [0, 0.1) is 6.92 Å². The summed E-state index contributed by atoms with van der Waals surface area (Å²) < 4.78 is 33.7. The van der Waals surface area contributed by atoms with Crippen molar-refractivity contribution < 1.29 is 17.9 Å². The number of hydrogen-bond donors (Lipinski definition) is 1. The summed E-state index contributed by atoms with van der Waals surface area (Å²) in [6.45, 7) is 4.22. The van der Waals surface area contributed by atoms with Crippen LogP contribution < -0.4 is 14.4 Å². The van der Waals surface area contributed by atoms with E-state index in [0.29, 0.717) is 24.6 Å². The Balaban J connectivity index is 1.58. The largest absolute Gasteiger partial charge is 0.494 e. The first-order valence-corrected chi connectivity index (χ1v) is 12.9. The average molecular weight is 489 g/mol. The normalized spacial score (nSPS) is 11.3. The van der Waals surface area contributed by atoms with E-state index in [1.807, 2.05) is 68.4 Å². The molecule has 0 heterocycles. The van der Waals surface area contributed by atoms with E-state index in [2.05, 4.69) is 5.32 Å². The molecule has 0 aliphatic carbocycles. The lowest BCUT2D eigenvalue weighted by molar-refractivity contribution is -0.119. The second-order valence-electron chi connectivity index (χ2n) is 8.17. The Bertz CT molecular complexity index is 1410. The molecule has 0 aliphatic rings. The predicted molar refractivity (Wildman–Crippen MR) is 139 cm³/mol. The van der Waals surface area contributed by atoms with E-state index < -0.39 is 15.9 Å². The third-order valence-electron chi connectivity index (χ3n) is 5.69. The molecule has 0 bridgehead atoms. The van der Waals surface area contributed by atoms with Gasteiger partial charge in [0.2, 0.25) is 5.91 Å². The van der Waals surface area contributed by atoms with E-state index >= 15 is 0 Å². The molecule has 0 saturated heterocycles. The summed E-state index contributed by atoms with van der Waals surface area (Å²) in [4.78, 5) is 13.1. The lowest BCUT2D eigenvalue weighted by atomic mass is 10.0. The number of sulfonamides is 1. The van der Waals surface area contributed by atoms with E-state index in [1.165, 1.54) is 12.1 Å². The van der Waals surface area contributed by atoms with Crippen molar-refractivity contribution in [3.05, 3.63) is 102 Å². The summed E-state index contributed by atoms with van der Waals surface area (Å²) in [6, 6.07) is 27.1. The van der Waals surface area contributed by atoms with Gasteiger partial charge in [0.25, 0.3) is 10.0 Å². The predicted octanol–water partition coefficient (Wildman–Crippen LogP) is 5.06. The second-order valence-corrected chi connectivity index (χ2v) is 10.0. The number of nitrogens with zero attached hydrogens (tertiary/aromatic N) is 1. The number of hydrogen-bond acceptors (Lipinski definition) is 4. The summed E-state index contributed by atoms with van der Waals surface area (Å²) in [5, 5.41) is 5.02. The zero-order valence-electron chi connectivity index (χ0n) is 19.8. The molecular formula is C28H28N2O4S. The van der Waals surface area contributed by atoms with Crippen LogP contribution in [0.15, 0.2) is 95.9 Å². The maximum absolute atomic E-state index is 13.6. The lowest BCUT2D eigenvalue weighted by Gasteiger charge is -2.24. The van der Waals surface area contributed by atoms with Crippen LogP contribution in [0.25, 0.3) is 10.8 Å². The Morgan fingerprint density at radius 1 is 0.886 bits per heavy atom. The van der Waals surface area contributed by atoms with Gasteiger partial charge in [-0.2, -0.15) is 0 Å². The minimum atomic E-state index is -3.99. The minimum Gasteiger partial charge on any atom is -0.494 e. The van der Waals surface area contributed by atoms with Crippen LogP contribution in [-0.2, 0) is 21.4 Å². The number of carbonyl (C=O) groups excluding carboxylic acids is 1. The molecule has 180 valence electrons. The van der Waals surface area contributed by atoms with Gasteiger partial charge in [-0.25, -0.2) is 8.42 Å². The number of fused-ring (bicyclic) bond motifs is 1. The molecular weight excluding hydrogens is 460 g/mol. The number of benzene rings is 4. The van der Waals surface area contributed by atoms with E-state index in [1.54, 1.807) is 24.3 Å². The molecule has 0 saturated carbocycles. The lowest BCUT2D eigenvalue weighted by Crippen LogP contribution is -2.40. The van der Waals surface area contributed by atoms with Crippen LogP contribution in [0.5, 0.6) is 5.75 Å². The molecule has 4 rings (SSSR count). The fourth-order valence-electron chi connectivity index (χ4n) is 3.85. The molecule has 0 unspecified atom stereocenters. The molecule has 0 aromatic heterocycles. The quantitative estimate of drug-likeness (QED) is 0.357. The third kappa shape index (κ3) is 5.63. The maximum atomic E-state index is 13.6. The van der Waals surface area contributed by atoms with Crippen LogP contribution in [-0.4, -0.2) is 27.5 Å². The summed E-state index contributed by atoms with van der Waals surface area (Å²) in [6.07, 6.45) is 0. The van der Waals surface area contributed by atoms with Crippen molar-refractivity contribution in [1.82, 2.24) is 5.32 Å². The van der Waals surface area contributed by atoms with Crippen LogP contribution >= 0.6 is 0 Å². The second kappa shape index (κ2) is 10.6. The van der Waals surface area contributed by atoms with E-state index in [4.69, 9.17) is 4.74 Å². The van der Waals surface area contributed by atoms with Gasteiger partial charge in [-0.05, 0) is 66.6 Å². The number of nitrogens with one attached hydrogen (secondary N) is 1. The van der Waals surface area contributed by atoms with Gasteiger partial charge in [0.15, 0.2) is 0 Å². The van der Waals surface area contributed by atoms with Gasteiger partial charge < -0.3 is 10.1 Å². The number of carbonyl (C=O) groups is 1. The van der Waals surface area contributed by atoms with Crippen molar-refractivity contribution in [3.8, 4) is 5.75 Å². The van der Waals surface area contributed by atoms with E-state index in [9.17, 15) is 13.2 Å². The number of anilines is 1. The van der Waals surface area contributed by atoms with Gasteiger partial charge in [-0.15, -0.1) is 0 Å². The molecule has 1 N–H and O–H groups in total. The molecule has 4 aromatic carbocycles. The van der Waals surface area contributed by atoms with Crippen molar-refractivity contribution >= 4 is 32.4 Å². The van der Waals surface area contributed by atoms with Gasteiger partial charge in [0.05, 0.1) is 17.2 Å². The van der Waals surface area contributed by atoms with Gasteiger partial charge >= 0.3 is 0 Å². The fraction of sp³-hybridized carbons (Fsp3) is 0.179. The molecule has 0 fully saturated rings. The van der Waals surface area contributed by atoms with Crippen molar-refractivity contribution in [2.75, 3.05) is 17.5 Å². The van der Waals surface area contributed by atoms with Crippen molar-refractivity contribution in [3.63, 3.8) is 0 Å². The summed E-state index contributed by atoms with van der Waals surface area (Å²) in [5.74, 6) is 0.189. The van der Waals surface area contributed by atoms with Gasteiger partial charge in [0, 0.05) is 6.54 Å². The number of aryl methyl sites for hydroxylation is 1. The van der Waals surface area contributed by atoms with Crippen LogP contribution in [0.2, 0.25) is 0 Å². The zero-order valence-corrected chi connectivity index (χ0v) is 20.6. The minimum absolute atomic E-state index is 0.0865. The Hall–Kier alpha value is -3.84. The van der Waals surface area contributed by atoms with Crippen LogP contribution in [0.1, 0.15) is 18.1 Å². The standard InChI is InChI=1S/C28H28N2O4S/c1-3-34-25-15-17-26(18-16-25)35(32,33)30(24-13-11-21(2)12-14-24)20-28(31)29-19-23-9-6-8-22-7-4-5-10-27(22)23/h4-18H,3,19-20H2,1-2H3,(H,29,31). The molecule has 0 aliphatic heterocycles. The summed E-state index contributed by atoms with van der Waals surface area (Å²) in [7, 11) is -3.99. The molecule has 0 atom stereocenters. The number of amides is 1.